The summed E-state index contributed by atoms with van der Waals surface area (Å²) in [7, 11) is -4.15. The van der Waals surface area contributed by atoms with E-state index in [2.05, 4.69) is 54.3 Å². The van der Waals surface area contributed by atoms with Crippen molar-refractivity contribution in [2.75, 3.05) is 4.72 Å². The van der Waals surface area contributed by atoms with Crippen LogP contribution in [0.4, 0.5) is 5.82 Å². The molecule has 0 aliphatic rings. The molecule has 16 heteroatoms. The van der Waals surface area contributed by atoms with Gasteiger partial charge in [0.2, 0.25) is 0 Å². The summed E-state index contributed by atoms with van der Waals surface area (Å²) in [6.45, 7) is 0. The van der Waals surface area contributed by atoms with E-state index in [1.165, 1.54) is 12.3 Å². The van der Waals surface area contributed by atoms with Gasteiger partial charge in [0.05, 0.1) is 37.9 Å². The first-order valence-corrected chi connectivity index (χ1v) is 13.7. The molecule has 186 valence electrons. The molecule has 0 saturated carbocycles. The smallest absolute Gasteiger partial charge is 0.261 e. The van der Waals surface area contributed by atoms with E-state index in [4.69, 9.17) is 23.2 Å². The van der Waals surface area contributed by atoms with E-state index in [1.54, 1.807) is 12.1 Å². The van der Waals surface area contributed by atoms with E-state index in [1.807, 2.05) is 24.3 Å². The zero-order chi connectivity index (χ0) is 26.2. The van der Waals surface area contributed by atoms with Gasteiger partial charge < -0.3 is 0 Å². The van der Waals surface area contributed by atoms with Crippen molar-refractivity contribution >= 4 is 63.2 Å². The average Bonchev–Trinajstić information content (AvgIpc) is 3.60. The van der Waals surface area contributed by atoms with Gasteiger partial charge >= 0.3 is 0 Å². The van der Waals surface area contributed by atoms with Crippen LogP contribution in [0, 0.1) is 11.3 Å². The summed E-state index contributed by atoms with van der Waals surface area (Å²) in [6.07, 6.45) is 1.76. The molecule has 0 spiro atoms. The van der Waals surface area contributed by atoms with Gasteiger partial charge in [-0.05, 0) is 47.0 Å². The minimum absolute atomic E-state index is 0.0128. The van der Waals surface area contributed by atoms with E-state index in [0.29, 0.717) is 34.8 Å². The highest BCUT2D eigenvalue weighted by molar-refractivity contribution is 7.95. The van der Waals surface area contributed by atoms with Crippen molar-refractivity contribution in [2.45, 2.75) is 10.6 Å². The van der Waals surface area contributed by atoms with Gasteiger partial charge in [0.25, 0.3) is 10.0 Å². The number of sulfonamides is 1. The van der Waals surface area contributed by atoms with Gasteiger partial charge in [-0.2, -0.15) is 14.4 Å². The Hall–Kier alpha value is -3.48. The predicted molar refractivity (Wildman–Crippen MR) is 142 cm³/mol. The highest BCUT2D eigenvalue weighted by atomic mass is 35.5. The maximum Gasteiger partial charge on any atom is 0.274 e. The average molecular weight is 591 g/mol. The first-order chi connectivity index (χ1) is 17.7. The molecule has 0 aliphatic carbocycles. The monoisotopic (exact) mass is 589 g/mol. The largest absolute Gasteiger partial charge is 0.274 e. The van der Waals surface area contributed by atoms with Gasteiger partial charge in [-0.3, -0.25) is 9.71 Å². The molecule has 0 saturated heterocycles. The Bertz CT molecular complexity index is 1740. The maximum absolute atomic E-state index is 13.2. The number of hydrogen-bond acceptors (Lipinski definition) is 10. The fourth-order valence-corrected chi connectivity index (χ4v) is 7.16. The highest BCUT2D eigenvalue weighted by Gasteiger charge is 2.28. The van der Waals surface area contributed by atoms with Crippen LogP contribution in [0.1, 0.15) is 16.8 Å². The summed E-state index contributed by atoms with van der Waals surface area (Å²) in [5.74, 6) is 0.555. The highest BCUT2D eigenvalue weighted by Crippen LogP contribution is 2.38. The number of H-pyrrole nitrogens is 1. The molecule has 0 bridgehead atoms. The predicted octanol–water partition coefficient (Wildman–Crippen LogP) is 4.45. The van der Waals surface area contributed by atoms with Crippen LogP contribution in [0.25, 0.3) is 22.6 Å². The molecule has 11 nitrogen and oxygen atoms in total. The molecule has 0 fully saturated rings. The van der Waals surface area contributed by atoms with E-state index < -0.39 is 10.0 Å². The molecular formula is C21H13Cl2N9O2S3. The van der Waals surface area contributed by atoms with Gasteiger partial charge in [0.15, 0.2) is 15.9 Å². The second kappa shape index (κ2) is 10.1. The number of nitrogens with zero attached hydrogens (tertiary/aromatic N) is 7. The van der Waals surface area contributed by atoms with Crippen molar-refractivity contribution in [3.63, 3.8) is 0 Å². The van der Waals surface area contributed by atoms with Crippen molar-refractivity contribution in [3.8, 4) is 28.7 Å². The number of nitrogens with one attached hydrogen (secondary N) is 2. The van der Waals surface area contributed by atoms with Crippen LogP contribution in [-0.4, -0.2) is 43.2 Å². The second-order valence-corrected chi connectivity index (χ2v) is 11.9. The second-order valence-electron chi connectivity index (χ2n) is 7.52. The molecule has 1 aromatic carbocycles. The van der Waals surface area contributed by atoms with Gasteiger partial charge in [-0.25, -0.2) is 13.5 Å². The Kier molecular flexibility index (Phi) is 6.88. The number of benzene rings is 1. The number of aromatic nitrogens is 7. The molecule has 4 aromatic heterocycles. The molecule has 0 amide bonds. The first-order valence-electron chi connectivity index (χ1n) is 10.2. The van der Waals surface area contributed by atoms with Gasteiger partial charge in [-0.1, -0.05) is 47.5 Å². The molecule has 0 aliphatic heterocycles. The lowest BCUT2D eigenvalue weighted by Crippen LogP contribution is -2.14. The zero-order valence-corrected chi connectivity index (χ0v) is 22.3. The Balaban J connectivity index is 1.58. The van der Waals surface area contributed by atoms with E-state index in [9.17, 15) is 13.7 Å². The van der Waals surface area contributed by atoms with Gasteiger partial charge in [-0.15, -0.1) is 16.4 Å². The number of nitriles is 1. The fraction of sp³-hybridized carbons (Fsp3) is 0.0476. The molecular weight excluding hydrogens is 577 g/mol. The Labute approximate surface area is 229 Å². The third kappa shape index (κ3) is 5.17. The van der Waals surface area contributed by atoms with Gasteiger partial charge in [0, 0.05) is 18.2 Å². The van der Waals surface area contributed by atoms with Crippen molar-refractivity contribution in [2.24, 2.45) is 0 Å². The number of thiol groups is 1. The van der Waals surface area contributed by atoms with E-state index in [-0.39, 0.29) is 19.4 Å². The summed E-state index contributed by atoms with van der Waals surface area (Å²) in [6, 6.07) is 13.9. The van der Waals surface area contributed by atoms with Gasteiger partial charge in [0.1, 0.15) is 0 Å². The van der Waals surface area contributed by atoms with Crippen LogP contribution in [0.2, 0.25) is 9.36 Å². The Morgan fingerprint density at radius 1 is 1.19 bits per heavy atom. The zero-order valence-electron chi connectivity index (χ0n) is 18.3. The maximum atomic E-state index is 13.2. The van der Waals surface area contributed by atoms with E-state index in [0.717, 1.165) is 26.6 Å². The molecule has 37 heavy (non-hydrogen) atoms. The number of pyridine rings is 1. The summed E-state index contributed by atoms with van der Waals surface area (Å²) in [4.78, 5) is 4.36. The standard InChI is InChI=1S/C21H13Cl2N9O2S3/c22-14-9-17(23)36-21(14)37(33,34)29-20-18(15-8-12(10-24)5-6-25-15)16(28-32(20)35)7-11-1-3-13(4-2-11)19-26-30-31-27-19/h1-6,8-9,29,35H,7H2,(H,26,27,30,31). The number of halogens is 2. The van der Waals surface area contributed by atoms with E-state index >= 15 is 0 Å². The molecule has 0 radical (unpaired) electrons. The molecule has 2 N–H and O–H groups in total. The molecule has 5 rings (SSSR count). The number of anilines is 1. The van der Waals surface area contributed by atoms with Crippen LogP contribution >= 0.6 is 47.4 Å². The number of thiophene rings is 1. The first kappa shape index (κ1) is 25.2. The quantitative estimate of drug-likeness (QED) is 0.235. The lowest BCUT2D eigenvalue weighted by molar-refractivity contribution is 0.603. The van der Waals surface area contributed by atoms with Crippen LogP contribution < -0.4 is 4.72 Å². The lowest BCUT2D eigenvalue weighted by Gasteiger charge is -2.10. The topological polar surface area (TPSA) is 155 Å². The summed E-state index contributed by atoms with van der Waals surface area (Å²) >= 11 is 17.2. The third-order valence-corrected chi connectivity index (χ3v) is 9.08. The molecule has 5 aromatic rings. The Morgan fingerprint density at radius 3 is 2.62 bits per heavy atom. The van der Waals surface area contributed by atoms with Crippen molar-refractivity contribution in [1.29, 1.82) is 5.26 Å². The molecule has 0 atom stereocenters. The fourth-order valence-electron chi connectivity index (χ4n) is 3.51. The molecule has 0 unspecified atom stereocenters. The molecule has 4 heterocycles. The summed E-state index contributed by atoms with van der Waals surface area (Å²) in [5.41, 5.74) is 3.17. The van der Waals surface area contributed by atoms with Crippen molar-refractivity contribution in [1.82, 2.24) is 34.8 Å². The number of tetrazole rings is 1. The SMILES string of the molecule is N#Cc1ccnc(-c2c(Cc3ccc(-c4nnn[nH]4)cc3)nn(S)c2NS(=O)(=O)c2sc(Cl)cc2Cl)c1. The third-order valence-electron chi connectivity index (χ3n) is 5.13. The van der Waals surface area contributed by atoms with Crippen LogP contribution in [0.3, 0.4) is 0 Å². The van der Waals surface area contributed by atoms with Crippen LogP contribution in [0.15, 0.2) is 52.9 Å². The minimum Gasteiger partial charge on any atom is -0.261 e. The van der Waals surface area contributed by atoms with Crippen molar-refractivity contribution < 1.29 is 8.42 Å². The number of aromatic amines is 1. The normalized spacial score (nSPS) is 11.4. The summed E-state index contributed by atoms with van der Waals surface area (Å²) < 4.78 is 30.1. The summed E-state index contributed by atoms with van der Waals surface area (Å²) in [5, 5.41) is 27.6. The minimum atomic E-state index is -4.15. The Morgan fingerprint density at radius 2 is 1.97 bits per heavy atom. The van der Waals surface area contributed by atoms with Crippen molar-refractivity contribution in [3.05, 3.63) is 74.8 Å². The number of rotatable bonds is 7. The van der Waals surface area contributed by atoms with Crippen LogP contribution in [-0.2, 0) is 16.4 Å². The lowest BCUT2D eigenvalue weighted by atomic mass is 10.0. The number of hydrogen-bond donors (Lipinski definition) is 3. The van der Waals surface area contributed by atoms with Crippen LogP contribution in [0.5, 0.6) is 0 Å².